The fourth-order valence-corrected chi connectivity index (χ4v) is 4.58. The van der Waals surface area contributed by atoms with Crippen molar-refractivity contribution >= 4 is 15.7 Å². The number of aromatic nitrogens is 3. The molecule has 0 aliphatic carbocycles. The number of sulfonamides is 1. The van der Waals surface area contributed by atoms with Gasteiger partial charge in [-0.2, -0.15) is 18.3 Å². The van der Waals surface area contributed by atoms with Gasteiger partial charge in [0.15, 0.2) is 5.75 Å². The van der Waals surface area contributed by atoms with Crippen LogP contribution in [0.4, 0.5) is 18.9 Å². The van der Waals surface area contributed by atoms with Gasteiger partial charge in [-0.1, -0.05) is 32.9 Å². The van der Waals surface area contributed by atoms with Crippen molar-refractivity contribution in [3.63, 3.8) is 0 Å². The van der Waals surface area contributed by atoms with Gasteiger partial charge in [-0.05, 0) is 35.4 Å². The van der Waals surface area contributed by atoms with Gasteiger partial charge in [0.25, 0.3) is 0 Å². The molecule has 0 spiro atoms. The molecule has 0 amide bonds. The number of H-pyrrole nitrogens is 1. The van der Waals surface area contributed by atoms with Crippen LogP contribution < -0.4 is 4.31 Å². The molecule has 6 nitrogen and oxygen atoms in total. The Morgan fingerprint density at radius 1 is 0.968 bits per heavy atom. The minimum absolute atomic E-state index is 0.142. The number of anilines is 1. The molecule has 2 heterocycles. The van der Waals surface area contributed by atoms with Gasteiger partial charge < -0.3 is 0 Å². The summed E-state index contributed by atoms with van der Waals surface area (Å²) in [6.07, 6.45) is -0.175. The summed E-state index contributed by atoms with van der Waals surface area (Å²) in [7, 11) is -4.69. The van der Waals surface area contributed by atoms with Crippen molar-refractivity contribution in [2.24, 2.45) is 0 Å². The molecule has 31 heavy (non-hydrogen) atoms. The summed E-state index contributed by atoms with van der Waals surface area (Å²) in [6, 6.07) is 9.91. The Labute approximate surface area is 179 Å². The van der Waals surface area contributed by atoms with Crippen LogP contribution in [0.5, 0.6) is 0 Å². The topological polar surface area (TPSA) is 79.0 Å². The number of hydrogen-bond acceptors (Lipinski definition) is 4. The third-order valence-corrected chi connectivity index (χ3v) is 6.34. The summed E-state index contributed by atoms with van der Waals surface area (Å²) in [5, 5.41) is 6.80. The minimum atomic E-state index is -4.86. The highest BCUT2D eigenvalue weighted by Gasteiger charge is 2.39. The molecule has 3 aromatic rings. The van der Waals surface area contributed by atoms with Crippen molar-refractivity contribution in [2.45, 2.75) is 38.9 Å². The Bertz CT molecular complexity index is 1120. The van der Waals surface area contributed by atoms with Crippen molar-refractivity contribution in [2.75, 3.05) is 10.1 Å². The molecule has 10 heteroatoms. The first-order chi connectivity index (χ1) is 14.4. The molecule has 0 bridgehead atoms. The van der Waals surface area contributed by atoms with Crippen LogP contribution in [0, 0.1) is 0 Å². The van der Waals surface area contributed by atoms with Gasteiger partial charge in [0, 0.05) is 29.1 Å². The zero-order valence-electron chi connectivity index (χ0n) is 17.3. The van der Waals surface area contributed by atoms with E-state index in [4.69, 9.17) is 0 Å². The third-order valence-electron chi connectivity index (χ3n) is 4.63. The molecule has 3 rings (SSSR count). The molecule has 0 aliphatic heterocycles. The van der Waals surface area contributed by atoms with Crippen molar-refractivity contribution in [1.82, 2.24) is 15.2 Å². The monoisotopic (exact) mass is 452 g/mol. The van der Waals surface area contributed by atoms with E-state index in [0.717, 1.165) is 15.4 Å². The highest BCUT2D eigenvalue weighted by atomic mass is 32.2. The highest BCUT2D eigenvalue weighted by Crippen LogP contribution is 2.31. The van der Waals surface area contributed by atoms with Crippen LogP contribution in [0.2, 0.25) is 0 Å². The zero-order chi connectivity index (χ0) is 22.9. The molecule has 0 unspecified atom stereocenters. The molecule has 0 aliphatic rings. The van der Waals surface area contributed by atoms with Crippen molar-refractivity contribution in [3.8, 4) is 11.1 Å². The van der Waals surface area contributed by atoms with E-state index in [0.29, 0.717) is 11.3 Å². The second-order valence-corrected chi connectivity index (χ2v) is 10.1. The predicted molar refractivity (Wildman–Crippen MR) is 113 cm³/mol. The molecule has 166 valence electrons. The summed E-state index contributed by atoms with van der Waals surface area (Å²) in [6.45, 7) is 5.45. The number of pyridine rings is 1. The molecule has 0 radical (unpaired) electrons. The Kier molecular flexibility index (Phi) is 6.13. The molecular formula is C21H23F3N4O2S. The van der Waals surface area contributed by atoms with Crippen molar-refractivity contribution in [3.05, 3.63) is 66.2 Å². The number of nitrogens with one attached hydrogen (secondary N) is 1. The molecule has 0 saturated heterocycles. The second-order valence-electron chi connectivity index (χ2n) is 8.18. The first kappa shape index (κ1) is 22.8. The third kappa shape index (κ3) is 5.63. The molecule has 0 fully saturated rings. The number of aromatic amines is 1. The molecule has 1 N–H and O–H groups in total. The van der Waals surface area contributed by atoms with Gasteiger partial charge in [0.2, 0.25) is 10.0 Å². The fourth-order valence-electron chi connectivity index (χ4n) is 3.23. The van der Waals surface area contributed by atoms with E-state index in [1.165, 1.54) is 18.3 Å². The lowest BCUT2D eigenvalue weighted by Crippen LogP contribution is -2.38. The van der Waals surface area contributed by atoms with Gasteiger partial charge in [-0.25, -0.2) is 8.42 Å². The zero-order valence-corrected chi connectivity index (χ0v) is 18.1. The van der Waals surface area contributed by atoms with Gasteiger partial charge >= 0.3 is 6.18 Å². The SMILES string of the molecule is CC(C)(C)c1[nH]ncc1CN(c1ccc(-c2ccncc2)cc1)S(=O)(=O)CC(F)(F)F. The average Bonchev–Trinajstić information content (AvgIpc) is 3.14. The molecule has 2 aromatic heterocycles. The Morgan fingerprint density at radius 2 is 1.55 bits per heavy atom. The van der Waals surface area contributed by atoms with E-state index in [-0.39, 0.29) is 12.2 Å². The lowest BCUT2D eigenvalue weighted by Gasteiger charge is -2.27. The van der Waals surface area contributed by atoms with Gasteiger partial charge in [-0.3, -0.25) is 14.4 Å². The lowest BCUT2D eigenvalue weighted by molar-refractivity contribution is -0.106. The van der Waals surface area contributed by atoms with Crippen LogP contribution in [-0.4, -0.2) is 35.5 Å². The Balaban J connectivity index is 2.02. The minimum Gasteiger partial charge on any atom is -0.282 e. The summed E-state index contributed by atoms with van der Waals surface area (Å²) in [5.41, 5.74) is 2.57. The van der Waals surface area contributed by atoms with E-state index >= 15 is 0 Å². The van der Waals surface area contributed by atoms with E-state index < -0.39 is 27.4 Å². The second kappa shape index (κ2) is 8.33. The number of nitrogens with zero attached hydrogens (tertiary/aromatic N) is 3. The van der Waals surface area contributed by atoms with Crippen LogP contribution in [0.25, 0.3) is 11.1 Å². The molecular weight excluding hydrogens is 429 g/mol. The number of rotatable bonds is 6. The van der Waals surface area contributed by atoms with Crippen LogP contribution in [0.3, 0.4) is 0 Å². The van der Waals surface area contributed by atoms with E-state index in [2.05, 4.69) is 15.2 Å². The molecule has 0 saturated carbocycles. The van der Waals surface area contributed by atoms with Gasteiger partial charge in [0.05, 0.1) is 18.4 Å². The number of hydrogen-bond donors (Lipinski definition) is 1. The Hall–Kier alpha value is -2.88. The first-order valence-corrected chi connectivity index (χ1v) is 11.1. The maximum absolute atomic E-state index is 13.0. The van der Waals surface area contributed by atoms with Gasteiger partial charge in [0.1, 0.15) is 0 Å². The van der Waals surface area contributed by atoms with E-state index in [1.54, 1.807) is 36.7 Å². The normalized spacial score (nSPS) is 12.7. The average molecular weight is 453 g/mol. The maximum atomic E-state index is 13.0. The quantitative estimate of drug-likeness (QED) is 0.590. The number of benzene rings is 1. The number of halogens is 3. The van der Waals surface area contributed by atoms with Crippen LogP contribution in [0.15, 0.2) is 55.0 Å². The lowest BCUT2D eigenvalue weighted by atomic mass is 9.89. The summed E-state index contributed by atoms with van der Waals surface area (Å²) in [4.78, 5) is 3.95. The highest BCUT2D eigenvalue weighted by molar-refractivity contribution is 7.92. The predicted octanol–water partition coefficient (Wildman–Crippen LogP) is 4.67. The molecule has 1 aromatic carbocycles. The standard InChI is InChI=1S/C21H23F3N4O2S/c1-20(2,3)19-17(12-26-27-19)13-28(31(29,30)14-21(22,23)24)18-6-4-15(5-7-18)16-8-10-25-11-9-16/h4-12H,13-14H2,1-3H3,(H,26,27). The van der Waals surface area contributed by atoms with Gasteiger partial charge in [-0.15, -0.1) is 0 Å². The van der Waals surface area contributed by atoms with Crippen LogP contribution in [-0.2, 0) is 22.0 Å². The summed E-state index contributed by atoms with van der Waals surface area (Å²) in [5.74, 6) is -1.95. The Morgan fingerprint density at radius 3 is 2.10 bits per heavy atom. The molecule has 0 atom stereocenters. The first-order valence-electron chi connectivity index (χ1n) is 9.47. The van der Waals surface area contributed by atoms with Crippen LogP contribution >= 0.6 is 0 Å². The van der Waals surface area contributed by atoms with Crippen molar-refractivity contribution < 1.29 is 21.6 Å². The smallest absolute Gasteiger partial charge is 0.282 e. The van der Waals surface area contributed by atoms with E-state index in [9.17, 15) is 21.6 Å². The fraction of sp³-hybridized carbons (Fsp3) is 0.333. The van der Waals surface area contributed by atoms with Crippen molar-refractivity contribution in [1.29, 1.82) is 0 Å². The van der Waals surface area contributed by atoms with E-state index in [1.807, 2.05) is 20.8 Å². The largest absolute Gasteiger partial charge is 0.404 e. The summed E-state index contributed by atoms with van der Waals surface area (Å²) < 4.78 is 65.4. The van der Waals surface area contributed by atoms with Crippen LogP contribution in [0.1, 0.15) is 32.0 Å². The maximum Gasteiger partial charge on any atom is 0.404 e. The summed E-state index contributed by atoms with van der Waals surface area (Å²) >= 11 is 0. The number of alkyl halides is 3.